The summed E-state index contributed by atoms with van der Waals surface area (Å²) in [5, 5.41) is 14.5. The van der Waals surface area contributed by atoms with E-state index in [4.69, 9.17) is 9.47 Å². The van der Waals surface area contributed by atoms with Crippen molar-refractivity contribution >= 4 is 21.7 Å². The van der Waals surface area contributed by atoms with Gasteiger partial charge in [0.15, 0.2) is 0 Å². The van der Waals surface area contributed by atoms with Crippen LogP contribution in [0.15, 0.2) is 47.4 Å². The van der Waals surface area contributed by atoms with Gasteiger partial charge in [0.2, 0.25) is 10.0 Å². The van der Waals surface area contributed by atoms with E-state index in [1.54, 1.807) is 12.1 Å². The molecule has 2 aromatic rings. The van der Waals surface area contributed by atoms with Crippen molar-refractivity contribution in [1.82, 2.24) is 10.0 Å². The van der Waals surface area contributed by atoms with E-state index in [0.717, 1.165) is 18.2 Å². The van der Waals surface area contributed by atoms with Crippen LogP contribution in [0.2, 0.25) is 0 Å². The van der Waals surface area contributed by atoms with Gasteiger partial charge in [0.05, 0.1) is 42.5 Å². The molecule has 0 saturated carbocycles. The first-order valence-electron chi connectivity index (χ1n) is 10.6. The monoisotopic (exact) mass is 499 g/mol. The zero-order valence-corrected chi connectivity index (χ0v) is 19.3. The van der Waals surface area contributed by atoms with Gasteiger partial charge in [-0.25, -0.2) is 26.7 Å². The normalized spacial score (nSPS) is 20.5. The van der Waals surface area contributed by atoms with Crippen molar-refractivity contribution in [2.75, 3.05) is 25.6 Å². The van der Waals surface area contributed by atoms with Crippen LogP contribution >= 0.6 is 0 Å². The smallest absolute Gasteiger partial charge is 0.319 e. The first kappa shape index (κ1) is 25.8. The lowest BCUT2D eigenvalue weighted by molar-refractivity contribution is -0.0871. The molecule has 34 heavy (non-hydrogen) atoms. The van der Waals surface area contributed by atoms with Crippen molar-refractivity contribution < 1.29 is 36.6 Å². The summed E-state index contributed by atoms with van der Waals surface area (Å²) in [6.07, 6.45) is 0.184. The third kappa shape index (κ3) is 6.86. The summed E-state index contributed by atoms with van der Waals surface area (Å²) < 4.78 is 65.8. The number of carbonyl (C=O) groups excluding carboxylic acids is 1. The number of ether oxygens (including phenoxy) is 2. The van der Waals surface area contributed by atoms with Crippen LogP contribution in [0, 0.1) is 11.6 Å². The van der Waals surface area contributed by atoms with Crippen LogP contribution < -0.4 is 20.1 Å². The lowest BCUT2D eigenvalue weighted by atomic mass is 9.98. The van der Waals surface area contributed by atoms with Crippen LogP contribution in [0.5, 0.6) is 5.75 Å². The third-order valence-corrected chi connectivity index (χ3v) is 6.87. The minimum Gasteiger partial charge on any atom is -0.497 e. The van der Waals surface area contributed by atoms with Gasteiger partial charge in [-0.15, -0.1) is 0 Å². The SMILES string of the molecule is COc1cccc(S(=O)(=O)N[C@H]2CC[C@@H](CCNC(=O)Nc3cc(F)ccc3F)O[C@@H]2CO)c1. The molecule has 0 unspecified atom stereocenters. The van der Waals surface area contributed by atoms with E-state index in [1.807, 2.05) is 0 Å². The van der Waals surface area contributed by atoms with Gasteiger partial charge in [-0.05, 0) is 43.5 Å². The van der Waals surface area contributed by atoms with Crippen LogP contribution in [0.25, 0.3) is 0 Å². The topological polar surface area (TPSA) is 126 Å². The molecule has 0 bridgehead atoms. The number of anilines is 1. The van der Waals surface area contributed by atoms with Crippen molar-refractivity contribution in [2.24, 2.45) is 0 Å². The van der Waals surface area contributed by atoms with E-state index >= 15 is 0 Å². The molecule has 1 saturated heterocycles. The number of amides is 2. The van der Waals surface area contributed by atoms with E-state index in [2.05, 4.69) is 15.4 Å². The Labute approximate surface area is 196 Å². The Morgan fingerprint density at radius 3 is 2.74 bits per heavy atom. The molecule has 0 aromatic heterocycles. The van der Waals surface area contributed by atoms with Gasteiger partial charge >= 0.3 is 6.03 Å². The Hall–Kier alpha value is -2.80. The Morgan fingerprint density at radius 1 is 1.21 bits per heavy atom. The molecular weight excluding hydrogens is 472 g/mol. The zero-order valence-electron chi connectivity index (χ0n) is 18.5. The van der Waals surface area contributed by atoms with Gasteiger partial charge in [0.1, 0.15) is 17.4 Å². The Morgan fingerprint density at radius 2 is 2.00 bits per heavy atom. The molecule has 1 fully saturated rings. The molecule has 9 nitrogen and oxygen atoms in total. The number of rotatable bonds is 9. The highest BCUT2D eigenvalue weighted by molar-refractivity contribution is 7.89. The fourth-order valence-electron chi connectivity index (χ4n) is 3.62. The molecule has 0 radical (unpaired) electrons. The quantitative estimate of drug-likeness (QED) is 0.420. The molecule has 1 aliphatic heterocycles. The fourth-order valence-corrected chi connectivity index (χ4v) is 4.95. The van der Waals surface area contributed by atoms with Crippen LogP contribution in [0.4, 0.5) is 19.3 Å². The number of nitrogens with one attached hydrogen (secondary N) is 3. The number of benzene rings is 2. The van der Waals surface area contributed by atoms with Gasteiger partial charge in [0, 0.05) is 18.7 Å². The number of aliphatic hydroxyl groups is 1. The number of sulfonamides is 1. The summed E-state index contributed by atoms with van der Waals surface area (Å²) in [5.41, 5.74) is -0.280. The Balaban J connectivity index is 1.49. The average molecular weight is 500 g/mol. The second-order valence-electron chi connectivity index (χ2n) is 7.76. The highest BCUT2D eigenvalue weighted by Gasteiger charge is 2.34. The third-order valence-electron chi connectivity index (χ3n) is 5.38. The number of hydrogen-bond donors (Lipinski definition) is 4. The van der Waals surface area contributed by atoms with Crippen molar-refractivity contribution in [3.63, 3.8) is 0 Å². The predicted molar refractivity (Wildman–Crippen MR) is 120 cm³/mol. The second kappa shape index (κ2) is 11.6. The summed E-state index contributed by atoms with van der Waals surface area (Å²) in [6.45, 7) is -0.222. The molecule has 3 atom stereocenters. The number of halogens is 2. The molecule has 3 rings (SSSR count). The van der Waals surface area contributed by atoms with Crippen LogP contribution in [0.1, 0.15) is 19.3 Å². The molecule has 1 heterocycles. The van der Waals surface area contributed by atoms with E-state index in [0.29, 0.717) is 25.0 Å². The average Bonchev–Trinajstić information content (AvgIpc) is 2.82. The fraction of sp³-hybridized carbons (Fsp3) is 0.409. The number of carbonyl (C=O) groups is 1. The molecule has 2 amide bonds. The first-order chi connectivity index (χ1) is 16.2. The van der Waals surface area contributed by atoms with E-state index in [9.17, 15) is 27.1 Å². The Bertz CT molecular complexity index is 1100. The van der Waals surface area contributed by atoms with E-state index in [-0.39, 0.29) is 23.2 Å². The van der Waals surface area contributed by atoms with Crippen LogP contribution in [0.3, 0.4) is 0 Å². The van der Waals surface area contributed by atoms with Crippen LogP contribution in [-0.4, -0.2) is 58.1 Å². The summed E-state index contributed by atoms with van der Waals surface area (Å²) in [7, 11) is -2.42. The van der Waals surface area contributed by atoms with Crippen molar-refractivity contribution in [3.05, 3.63) is 54.1 Å². The molecule has 0 aliphatic carbocycles. The first-order valence-corrected chi connectivity index (χ1v) is 12.1. The minimum atomic E-state index is -3.86. The predicted octanol–water partition coefficient (Wildman–Crippen LogP) is 2.37. The molecule has 12 heteroatoms. The number of hydrogen-bond acceptors (Lipinski definition) is 6. The van der Waals surface area contributed by atoms with Gasteiger partial charge < -0.3 is 25.2 Å². The van der Waals surface area contributed by atoms with E-state index < -0.39 is 46.4 Å². The Kier molecular flexibility index (Phi) is 8.78. The molecule has 0 spiro atoms. The minimum absolute atomic E-state index is 0.0376. The van der Waals surface area contributed by atoms with Gasteiger partial charge in [-0.1, -0.05) is 6.07 Å². The number of aliphatic hydroxyl groups excluding tert-OH is 1. The lowest BCUT2D eigenvalue weighted by Crippen LogP contribution is -2.51. The maximum Gasteiger partial charge on any atom is 0.319 e. The molecule has 186 valence electrons. The zero-order chi connectivity index (χ0) is 24.7. The molecular formula is C22H27F2N3O6S. The van der Waals surface area contributed by atoms with Crippen molar-refractivity contribution in [3.8, 4) is 5.75 Å². The van der Waals surface area contributed by atoms with Crippen molar-refractivity contribution in [1.29, 1.82) is 0 Å². The summed E-state index contributed by atoms with van der Waals surface area (Å²) in [6, 6.07) is 7.43. The van der Waals surface area contributed by atoms with Gasteiger partial charge in [0.25, 0.3) is 0 Å². The van der Waals surface area contributed by atoms with Crippen LogP contribution in [-0.2, 0) is 14.8 Å². The summed E-state index contributed by atoms with van der Waals surface area (Å²) in [4.78, 5) is 12.0. The summed E-state index contributed by atoms with van der Waals surface area (Å²) >= 11 is 0. The van der Waals surface area contributed by atoms with Gasteiger partial charge in [-0.2, -0.15) is 0 Å². The number of methoxy groups -OCH3 is 1. The lowest BCUT2D eigenvalue weighted by Gasteiger charge is -2.36. The molecule has 2 aromatic carbocycles. The van der Waals surface area contributed by atoms with E-state index in [1.165, 1.54) is 19.2 Å². The highest BCUT2D eigenvalue weighted by Crippen LogP contribution is 2.24. The molecule has 4 N–H and O–H groups in total. The van der Waals surface area contributed by atoms with Gasteiger partial charge in [-0.3, -0.25) is 0 Å². The second-order valence-corrected chi connectivity index (χ2v) is 9.47. The standard InChI is InChI=1S/C22H27F2N3O6S/c1-32-16-3-2-4-17(12-16)34(30,31)27-19-8-6-15(33-21(19)13-28)9-10-25-22(29)26-20-11-14(23)5-7-18(20)24/h2-5,7,11-12,15,19,21,27-28H,6,8-10,13H2,1H3,(H2,25,26,29)/t15-,19-,21+/m0/s1. The van der Waals surface area contributed by atoms with Crippen molar-refractivity contribution in [2.45, 2.75) is 42.4 Å². The molecule has 1 aliphatic rings. The summed E-state index contributed by atoms with van der Waals surface area (Å²) in [5.74, 6) is -1.04. The maximum absolute atomic E-state index is 13.6. The number of urea groups is 1. The maximum atomic E-state index is 13.6. The largest absolute Gasteiger partial charge is 0.497 e. The highest BCUT2D eigenvalue weighted by atomic mass is 32.2.